The molecule has 8 heteroatoms. The van der Waals surface area contributed by atoms with Crippen molar-refractivity contribution in [3.8, 4) is 0 Å². The van der Waals surface area contributed by atoms with Crippen LogP contribution < -0.4 is 4.72 Å². The Morgan fingerprint density at radius 1 is 1.50 bits per heavy atom. The lowest BCUT2D eigenvalue weighted by Crippen LogP contribution is -2.15. The van der Waals surface area contributed by atoms with Crippen LogP contribution in [0.5, 0.6) is 0 Å². The third-order valence-corrected chi connectivity index (χ3v) is 3.58. The summed E-state index contributed by atoms with van der Waals surface area (Å²) < 4.78 is 30.8. The highest BCUT2D eigenvalue weighted by atomic mass is 35.5. The predicted molar refractivity (Wildman–Crippen MR) is 66.7 cm³/mol. The van der Waals surface area contributed by atoms with Gasteiger partial charge in [0.2, 0.25) is 10.0 Å². The van der Waals surface area contributed by atoms with Crippen LogP contribution in [-0.2, 0) is 15.8 Å². The van der Waals surface area contributed by atoms with E-state index in [2.05, 4.69) is 14.9 Å². The summed E-state index contributed by atoms with van der Waals surface area (Å²) in [6, 6.07) is 3.06. The number of nitrogens with zero attached hydrogens (tertiary/aromatic N) is 2. The van der Waals surface area contributed by atoms with E-state index in [1.807, 2.05) is 0 Å². The lowest BCUT2D eigenvalue weighted by atomic mass is 10.4. The topological polar surface area (TPSA) is 85.1 Å². The summed E-state index contributed by atoms with van der Waals surface area (Å²) in [7, 11) is -3.59. The molecule has 6 nitrogen and oxygen atoms in total. The van der Waals surface area contributed by atoms with Gasteiger partial charge in [0.1, 0.15) is 17.2 Å². The number of hydrogen-bond donors (Lipinski definition) is 1. The molecule has 96 valence electrons. The van der Waals surface area contributed by atoms with Crippen molar-refractivity contribution in [1.82, 2.24) is 10.1 Å². The molecule has 0 amide bonds. The molecule has 0 atom stereocenters. The van der Waals surface area contributed by atoms with Crippen LogP contribution in [0.4, 0.5) is 5.69 Å². The van der Waals surface area contributed by atoms with Crippen molar-refractivity contribution in [2.45, 2.75) is 12.7 Å². The summed E-state index contributed by atoms with van der Waals surface area (Å²) in [5.74, 6) is 0.273. The summed E-state index contributed by atoms with van der Waals surface area (Å²) in [5.41, 5.74) is 0.569. The molecule has 2 aromatic rings. The number of aromatic nitrogens is 2. The molecule has 0 saturated carbocycles. The van der Waals surface area contributed by atoms with Gasteiger partial charge in [-0.15, -0.1) is 0 Å². The maximum absolute atomic E-state index is 11.9. The van der Waals surface area contributed by atoms with Gasteiger partial charge in [0.25, 0.3) is 0 Å². The second-order valence-corrected chi connectivity index (χ2v) is 5.78. The highest BCUT2D eigenvalue weighted by molar-refractivity contribution is 7.91. The van der Waals surface area contributed by atoms with Crippen molar-refractivity contribution in [1.29, 1.82) is 0 Å². The van der Waals surface area contributed by atoms with Crippen LogP contribution >= 0.6 is 11.6 Å². The Labute approximate surface area is 109 Å². The molecule has 0 aliphatic rings. The summed E-state index contributed by atoms with van der Waals surface area (Å²) in [6.45, 7) is 1.69. The van der Waals surface area contributed by atoms with Crippen molar-refractivity contribution in [2.75, 3.05) is 4.72 Å². The number of anilines is 1. The highest BCUT2D eigenvalue weighted by Crippen LogP contribution is 2.21. The second kappa shape index (κ2) is 4.95. The molecule has 0 fully saturated rings. The van der Waals surface area contributed by atoms with Crippen molar-refractivity contribution in [3.63, 3.8) is 0 Å². The summed E-state index contributed by atoms with van der Waals surface area (Å²) in [5, 5.41) is 3.90. The minimum Gasteiger partial charge on any atom is -0.361 e. The molecule has 0 bridgehead atoms. The molecule has 0 radical (unpaired) electrons. The molecule has 2 rings (SSSR count). The average Bonchev–Trinajstić information content (AvgIpc) is 2.66. The molecule has 1 N–H and O–H groups in total. The third-order valence-electron chi connectivity index (χ3n) is 2.05. The number of nitrogens with one attached hydrogen (secondary N) is 1. The van der Waals surface area contributed by atoms with Gasteiger partial charge in [0.05, 0.1) is 16.9 Å². The fourth-order valence-corrected chi connectivity index (χ4v) is 2.64. The minimum absolute atomic E-state index is 0.236. The fourth-order valence-electron chi connectivity index (χ4n) is 1.34. The van der Waals surface area contributed by atoms with Gasteiger partial charge in [-0.05, 0) is 13.0 Å². The largest absolute Gasteiger partial charge is 0.361 e. The van der Waals surface area contributed by atoms with Crippen LogP contribution in [0.1, 0.15) is 11.5 Å². The Bertz CT molecular complexity index is 654. The Balaban J connectivity index is 2.15. The zero-order valence-corrected chi connectivity index (χ0v) is 11.0. The van der Waals surface area contributed by atoms with Crippen LogP contribution in [0.25, 0.3) is 0 Å². The highest BCUT2D eigenvalue weighted by Gasteiger charge is 2.16. The van der Waals surface area contributed by atoms with Crippen LogP contribution in [0.3, 0.4) is 0 Å². The first kappa shape index (κ1) is 12.8. The molecule has 18 heavy (non-hydrogen) atoms. The van der Waals surface area contributed by atoms with E-state index in [1.165, 1.54) is 18.5 Å². The van der Waals surface area contributed by atoms with Crippen LogP contribution in [0.15, 0.2) is 29.0 Å². The molecule has 0 unspecified atom stereocenters. The Hall–Kier alpha value is -1.60. The molecule has 0 aliphatic heterocycles. The van der Waals surface area contributed by atoms with Gasteiger partial charge in [0, 0.05) is 12.3 Å². The smallest absolute Gasteiger partial charge is 0.238 e. The first-order valence-corrected chi connectivity index (χ1v) is 7.01. The first-order valence-electron chi connectivity index (χ1n) is 4.98. The van der Waals surface area contributed by atoms with Gasteiger partial charge in [-0.1, -0.05) is 16.8 Å². The molecule has 2 aromatic heterocycles. The fraction of sp³-hybridized carbons (Fsp3) is 0.200. The van der Waals surface area contributed by atoms with E-state index in [0.717, 1.165) is 0 Å². The van der Waals surface area contributed by atoms with E-state index >= 15 is 0 Å². The summed E-state index contributed by atoms with van der Waals surface area (Å²) >= 11 is 5.84. The van der Waals surface area contributed by atoms with Crippen molar-refractivity contribution >= 4 is 27.3 Å². The monoisotopic (exact) mass is 287 g/mol. The van der Waals surface area contributed by atoms with Gasteiger partial charge in [-0.3, -0.25) is 9.71 Å². The SMILES string of the molecule is Cc1cc(CS(=O)(=O)Nc2cnccc2Cl)no1. The van der Waals surface area contributed by atoms with Gasteiger partial charge in [-0.2, -0.15) is 0 Å². The quantitative estimate of drug-likeness (QED) is 0.929. The zero-order valence-electron chi connectivity index (χ0n) is 9.42. The van der Waals surface area contributed by atoms with E-state index in [1.54, 1.807) is 13.0 Å². The number of halogens is 1. The number of aryl methyl sites for hydroxylation is 1. The van der Waals surface area contributed by atoms with E-state index in [-0.39, 0.29) is 16.5 Å². The molecule has 0 aromatic carbocycles. The second-order valence-electron chi connectivity index (χ2n) is 3.65. The van der Waals surface area contributed by atoms with E-state index in [9.17, 15) is 8.42 Å². The van der Waals surface area contributed by atoms with Crippen molar-refractivity contribution in [2.24, 2.45) is 0 Å². The molecule has 0 saturated heterocycles. The lowest BCUT2D eigenvalue weighted by Gasteiger charge is -2.07. The first-order chi connectivity index (χ1) is 8.46. The number of pyridine rings is 1. The maximum Gasteiger partial charge on any atom is 0.238 e. The number of sulfonamides is 1. The van der Waals surface area contributed by atoms with Gasteiger partial charge in [0.15, 0.2) is 0 Å². The van der Waals surface area contributed by atoms with Crippen molar-refractivity contribution in [3.05, 3.63) is 41.0 Å². The molecule has 2 heterocycles. The number of hydrogen-bond acceptors (Lipinski definition) is 5. The average molecular weight is 288 g/mol. The predicted octanol–water partition coefficient (Wildman–Crippen LogP) is 1.97. The molecule has 0 spiro atoms. The van der Waals surface area contributed by atoms with Gasteiger partial charge >= 0.3 is 0 Å². The summed E-state index contributed by atoms with van der Waals surface area (Å²) in [6.07, 6.45) is 2.81. The van der Waals surface area contributed by atoms with Crippen LogP contribution in [0, 0.1) is 6.92 Å². The van der Waals surface area contributed by atoms with Crippen LogP contribution in [-0.4, -0.2) is 18.6 Å². The van der Waals surface area contributed by atoms with E-state index in [0.29, 0.717) is 11.5 Å². The Kier molecular flexibility index (Phi) is 3.53. The Morgan fingerprint density at radius 2 is 2.28 bits per heavy atom. The van der Waals surface area contributed by atoms with Crippen molar-refractivity contribution < 1.29 is 12.9 Å². The summed E-state index contributed by atoms with van der Waals surface area (Å²) in [4.78, 5) is 3.80. The molecular formula is C10H10ClN3O3S. The van der Waals surface area contributed by atoms with Gasteiger partial charge in [-0.25, -0.2) is 8.42 Å². The van der Waals surface area contributed by atoms with E-state index < -0.39 is 10.0 Å². The Morgan fingerprint density at radius 3 is 2.89 bits per heavy atom. The normalized spacial score (nSPS) is 11.4. The zero-order chi connectivity index (χ0) is 13.2. The van der Waals surface area contributed by atoms with Crippen LogP contribution in [0.2, 0.25) is 5.02 Å². The molecule has 0 aliphatic carbocycles. The lowest BCUT2D eigenvalue weighted by molar-refractivity contribution is 0.392. The number of rotatable bonds is 4. The maximum atomic E-state index is 11.9. The van der Waals surface area contributed by atoms with E-state index in [4.69, 9.17) is 16.1 Å². The molecular weight excluding hydrogens is 278 g/mol. The standard InChI is InChI=1S/C10H10ClN3O3S/c1-7-4-8(13-17-7)6-18(15,16)14-10-5-12-3-2-9(10)11/h2-5,14H,6H2,1H3. The third kappa shape index (κ3) is 3.21. The minimum atomic E-state index is -3.59. The van der Waals surface area contributed by atoms with Gasteiger partial charge < -0.3 is 4.52 Å².